The first-order valence-corrected chi connectivity index (χ1v) is 10.2. The molecule has 2 aliphatic heterocycles. The van der Waals surface area contributed by atoms with E-state index >= 15 is 0 Å². The van der Waals surface area contributed by atoms with Crippen LogP contribution in [0.3, 0.4) is 0 Å². The Morgan fingerprint density at radius 1 is 1.20 bits per heavy atom. The molecule has 3 heterocycles. The van der Waals surface area contributed by atoms with Crippen LogP contribution < -0.4 is 20.5 Å². The summed E-state index contributed by atoms with van der Waals surface area (Å²) in [5.41, 5.74) is 5.36. The predicted molar refractivity (Wildman–Crippen MR) is 92.5 cm³/mol. The van der Waals surface area contributed by atoms with Gasteiger partial charge >= 0.3 is 0 Å². The normalized spacial score (nSPS) is 21.4. The zero-order chi connectivity index (χ0) is 18.0. The number of sulfonamides is 1. The fourth-order valence-electron chi connectivity index (χ4n) is 3.42. The number of rotatable bonds is 4. The molecule has 25 heavy (non-hydrogen) atoms. The average molecular weight is 369 g/mol. The summed E-state index contributed by atoms with van der Waals surface area (Å²) in [7, 11) is -1.37. The minimum absolute atomic E-state index is 0.0599. The number of nitrogens with two attached hydrogens (primary N) is 1. The van der Waals surface area contributed by atoms with Gasteiger partial charge in [-0.3, -0.25) is 9.69 Å². The zero-order valence-corrected chi connectivity index (χ0v) is 15.4. The zero-order valence-electron chi connectivity index (χ0n) is 14.6. The van der Waals surface area contributed by atoms with Crippen LogP contribution in [0, 0.1) is 5.92 Å². The van der Waals surface area contributed by atoms with E-state index in [1.807, 2.05) is 0 Å². The maximum absolute atomic E-state index is 12.7. The van der Waals surface area contributed by atoms with Crippen molar-refractivity contribution in [1.29, 1.82) is 0 Å². The molecule has 1 aromatic rings. The van der Waals surface area contributed by atoms with Gasteiger partial charge in [0.1, 0.15) is 11.1 Å². The van der Waals surface area contributed by atoms with Gasteiger partial charge in [-0.1, -0.05) is 0 Å². The number of carbonyl (C=O) groups excluding carboxylic acids is 1. The molecule has 0 radical (unpaired) electrons. The van der Waals surface area contributed by atoms with Gasteiger partial charge in [0.2, 0.25) is 15.9 Å². The molecular weight excluding hydrogens is 342 g/mol. The van der Waals surface area contributed by atoms with E-state index in [2.05, 4.69) is 16.9 Å². The van der Waals surface area contributed by atoms with E-state index < -0.39 is 10.0 Å². The lowest BCUT2D eigenvalue weighted by Gasteiger charge is -2.29. The topological polar surface area (TPSA) is 102 Å². The molecule has 0 bridgehead atoms. The number of hydrogen-bond donors (Lipinski definition) is 2. The molecule has 0 atom stereocenters. The lowest BCUT2D eigenvalue weighted by atomic mass is 9.96. The van der Waals surface area contributed by atoms with Crippen LogP contribution in [0.2, 0.25) is 0 Å². The molecule has 4 N–H and O–H groups in total. The van der Waals surface area contributed by atoms with Crippen molar-refractivity contribution in [2.75, 3.05) is 51.2 Å². The van der Waals surface area contributed by atoms with Gasteiger partial charge < -0.3 is 10.6 Å². The Morgan fingerprint density at radius 2 is 1.84 bits per heavy atom. The number of nitrogens with one attached hydrogen (secondary N) is 2. The third-order valence-corrected chi connectivity index (χ3v) is 7.11. The van der Waals surface area contributed by atoms with Crippen LogP contribution in [0.5, 0.6) is 0 Å². The minimum Gasteiger partial charge on any atom is -0.369 e. The highest BCUT2D eigenvalue weighted by Gasteiger charge is 2.31. The summed E-state index contributed by atoms with van der Waals surface area (Å²) in [4.78, 5) is 18.1. The van der Waals surface area contributed by atoms with E-state index in [1.165, 1.54) is 4.90 Å². The van der Waals surface area contributed by atoms with Crippen molar-refractivity contribution in [2.24, 2.45) is 11.7 Å². The summed E-state index contributed by atoms with van der Waals surface area (Å²) in [6.07, 6.45) is 3.02. The third-order valence-electron chi connectivity index (χ3n) is 5.22. The molecule has 0 spiro atoms. The molecule has 2 aliphatic rings. The maximum atomic E-state index is 12.7. The van der Waals surface area contributed by atoms with Crippen LogP contribution in [0.4, 0.5) is 5.82 Å². The van der Waals surface area contributed by atoms with E-state index in [1.54, 1.807) is 22.6 Å². The van der Waals surface area contributed by atoms with Crippen LogP contribution >= 0.6 is 0 Å². The Hall–Kier alpha value is -1.71. The van der Waals surface area contributed by atoms with E-state index in [9.17, 15) is 13.2 Å². The molecule has 9 heteroatoms. The molecule has 0 saturated carbocycles. The first kappa shape index (κ1) is 18.1. The number of quaternary nitrogens is 1. The first-order chi connectivity index (χ1) is 11.9. The first-order valence-electron chi connectivity index (χ1n) is 8.75. The molecule has 8 nitrogen and oxygen atoms in total. The van der Waals surface area contributed by atoms with Crippen molar-refractivity contribution < 1.29 is 23.1 Å². The molecular formula is C16H27N5O3S+2. The number of nitrogens with zero attached hydrogens (tertiary/aromatic N) is 2. The number of hydrogen-bond acceptors (Lipinski definition) is 4. The summed E-state index contributed by atoms with van der Waals surface area (Å²) in [6.45, 7) is 4.23. The van der Waals surface area contributed by atoms with Gasteiger partial charge in [0.05, 0.1) is 46.3 Å². The number of carbonyl (C=O) groups is 1. The van der Waals surface area contributed by atoms with Crippen molar-refractivity contribution >= 4 is 21.7 Å². The summed E-state index contributed by atoms with van der Waals surface area (Å²) in [5, 5.41) is 0. The van der Waals surface area contributed by atoms with Crippen LogP contribution in [-0.2, 0) is 14.8 Å². The van der Waals surface area contributed by atoms with Crippen molar-refractivity contribution in [1.82, 2.24) is 4.31 Å². The van der Waals surface area contributed by atoms with Gasteiger partial charge in [-0.2, -0.15) is 4.31 Å². The fraction of sp³-hybridized carbons (Fsp3) is 0.625. The van der Waals surface area contributed by atoms with Crippen molar-refractivity contribution in [3.05, 3.63) is 18.3 Å². The van der Waals surface area contributed by atoms with E-state index in [0.717, 1.165) is 44.8 Å². The number of H-pyrrole nitrogens is 1. The molecule has 1 amide bonds. The molecule has 2 fully saturated rings. The second-order valence-electron chi connectivity index (χ2n) is 6.93. The number of anilines is 1. The SMILES string of the molecule is C[NH+]1CCN(S(=O)(=O)c2ccc(N3CCC(C(N)=O)CC3)[nH+]c2)CC1. The van der Waals surface area contributed by atoms with E-state index in [-0.39, 0.29) is 11.8 Å². The Morgan fingerprint density at radius 3 is 2.36 bits per heavy atom. The van der Waals surface area contributed by atoms with Gasteiger partial charge in [0.25, 0.3) is 5.82 Å². The van der Waals surface area contributed by atoms with Gasteiger partial charge in [0, 0.05) is 12.0 Å². The summed E-state index contributed by atoms with van der Waals surface area (Å²) in [5.74, 6) is 0.569. The minimum atomic E-state index is -3.44. The Labute approximate surface area is 148 Å². The Kier molecular flexibility index (Phi) is 5.26. The van der Waals surface area contributed by atoms with Crippen LogP contribution in [0.15, 0.2) is 23.2 Å². The van der Waals surface area contributed by atoms with E-state index in [0.29, 0.717) is 18.0 Å². The number of pyridine rings is 1. The highest BCUT2D eigenvalue weighted by molar-refractivity contribution is 7.89. The van der Waals surface area contributed by atoms with E-state index in [4.69, 9.17) is 5.73 Å². The van der Waals surface area contributed by atoms with Gasteiger partial charge in [-0.05, 0) is 18.9 Å². The van der Waals surface area contributed by atoms with Gasteiger partial charge in [0.15, 0.2) is 0 Å². The average Bonchev–Trinajstić information content (AvgIpc) is 2.62. The standard InChI is InChI=1S/C16H25N5O3S/c1-19-8-10-21(11-9-19)25(23,24)14-2-3-15(18-12-14)20-6-4-13(5-7-20)16(17)22/h2-3,12-13H,4-11H2,1H3,(H2,17,22)/p+2. The van der Waals surface area contributed by atoms with Crippen molar-refractivity contribution in [2.45, 2.75) is 17.7 Å². The third kappa shape index (κ3) is 3.94. The Balaban J connectivity index is 1.67. The summed E-state index contributed by atoms with van der Waals surface area (Å²) in [6, 6.07) is 3.46. The number of likely N-dealkylation sites (N-methyl/N-ethyl adjacent to an activating group) is 1. The molecule has 138 valence electrons. The van der Waals surface area contributed by atoms with Crippen molar-refractivity contribution in [3.8, 4) is 0 Å². The number of aromatic amines is 1. The number of amides is 1. The fourth-order valence-corrected chi connectivity index (χ4v) is 4.83. The lowest BCUT2D eigenvalue weighted by molar-refractivity contribution is -0.883. The van der Waals surface area contributed by atoms with Crippen LogP contribution in [0.25, 0.3) is 0 Å². The van der Waals surface area contributed by atoms with Gasteiger partial charge in [-0.25, -0.2) is 13.4 Å². The Bertz CT molecular complexity index is 706. The summed E-state index contributed by atoms with van der Waals surface area (Å²) < 4.78 is 27.0. The molecule has 0 aromatic carbocycles. The van der Waals surface area contributed by atoms with Crippen molar-refractivity contribution in [3.63, 3.8) is 0 Å². The lowest BCUT2D eigenvalue weighted by Crippen LogP contribution is -3.12. The molecule has 3 rings (SSSR count). The summed E-state index contributed by atoms with van der Waals surface area (Å²) >= 11 is 0. The second kappa shape index (κ2) is 7.27. The molecule has 0 unspecified atom stereocenters. The highest BCUT2D eigenvalue weighted by Crippen LogP contribution is 2.21. The van der Waals surface area contributed by atoms with Crippen LogP contribution in [0.1, 0.15) is 12.8 Å². The highest BCUT2D eigenvalue weighted by atomic mass is 32.2. The largest absolute Gasteiger partial charge is 0.369 e. The van der Waals surface area contributed by atoms with Crippen LogP contribution in [-0.4, -0.2) is 64.9 Å². The smallest absolute Gasteiger partial charge is 0.274 e. The number of aromatic nitrogens is 1. The number of piperidine rings is 1. The quantitative estimate of drug-likeness (QED) is 0.624. The predicted octanol–water partition coefficient (Wildman–Crippen LogP) is -2.28. The molecule has 1 aromatic heterocycles. The molecule has 0 aliphatic carbocycles. The number of primary amides is 1. The monoisotopic (exact) mass is 369 g/mol. The van der Waals surface area contributed by atoms with Gasteiger partial charge in [-0.15, -0.1) is 0 Å². The second-order valence-corrected chi connectivity index (χ2v) is 8.87. The molecule has 2 saturated heterocycles. The number of piperazine rings is 1. The maximum Gasteiger partial charge on any atom is 0.274 e.